The van der Waals surface area contributed by atoms with E-state index in [1.54, 1.807) is 0 Å². The van der Waals surface area contributed by atoms with Gasteiger partial charge < -0.3 is 15.7 Å². The first-order valence-electron chi connectivity index (χ1n) is 7.60. The summed E-state index contributed by atoms with van der Waals surface area (Å²) in [4.78, 5) is 11.9. The smallest absolute Gasteiger partial charge is 0.319 e. The van der Waals surface area contributed by atoms with Crippen molar-refractivity contribution in [3.05, 3.63) is 29.8 Å². The minimum absolute atomic E-state index is 0.0810. The first kappa shape index (κ1) is 17.5. The van der Waals surface area contributed by atoms with E-state index in [4.69, 9.17) is 0 Å². The van der Waals surface area contributed by atoms with Crippen molar-refractivity contribution >= 4 is 11.7 Å². The zero-order chi connectivity index (χ0) is 15.9. The standard InChI is InChI=1S/C17H28N2O2/c1-13(2)14-8-5-6-9-15(14)19-16(21)18-11-7-10-17(3,4)12-20/h5-6,8-9,13,20H,7,10-12H2,1-4H3,(H2,18,19,21). The molecule has 0 aliphatic heterocycles. The average Bonchev–Trinajstić information content (AvgIpc) is 2.44. The van der Waals surface area contributed by atoms with Crippen LogP contribution in [-0.4, -0.2) is 24.3 Å². The SMILES string of the molecule is CC(C)c1ccccc1NC(=O)NCCCC(C)(C)CO. The molecule has 118 valence electrons. The molecule has 0 atom stereocenters. The number of amides is 2. The molecule has 0 aliphatic carbocycles. The van der Waals surface area contributed by atoms with E-state index in [0.717, 1.165) is 24.1 Å². The number of carbonyl (C=O) groups is 1. The second kappa shape index (κ2) is 8.03. The molecule has 0 saturated carbocycles. The normalized spacial score (nSPS) is 11.5. The average molecular weight is 292 g/mol. The van der Waals surface area contributed by atoms with Crippen molar-refractivity contribution in [2.45, 2.75) is 46.5 Å². The molecule has 0 heterocycles. The molecule has 21 heavy (non-hydrogen) atoms. The van der Waals surface area contributed by atoms with Gasteiger partial charge in [-0.25, -0.2) is 4.79 Å². The molecule has 0 aromatic heterocycles. The number of rotatable bonds is 7. The topological polar surface area (TPSA) is 61.4 Å². The molecule has 1 aromatic carbocycles. The molecule has 0 aliphatic rings. The van der Waals surface area contributed by atoms with Crippen LogP contribution in [0, 0.1) is 5.41 Å². The summed E-state index contributed by atoms with van der Waals surface area (Å²) >= 11 is 0. The predicted molar refractivity (Wildman–Crippen MR) is 87.7 cm³/mol. The highest BCUT2D eigenvalue weighted by atomic mass is 16.3. The minimum Gasteiger partial charge on any atom is -0.396 e. The van der Waals surface area contributed by atoms with Crippen LogP contribution in [-0.2, 0) is 0 Å². The first-order chi connectivity index (χ1) is 9.85. The van der Waals surface area contributed by atoms with Gasteiger partial charge in [-0.15, -0.1) is 0 Å². The lowest BCUT2D eigenvalue weighted by molar-refractivity contribution is 0.148. The van der Waals surface area contributed by atoms with Crippen LogP contribution in [0.3, 0.4) is 0 Å². The van der Waals surface area contributed by atoms with Crippen molar-refractivity contribution < 1.29 is 9.90 Å². The Morgan fingerprint density at radius 3 is 2.57 bits per heavy atom. The Hall–Kier alpha value is -1.55. The number of para-hydroxylation sites is 1. The van der Waals surface area contributed by atoms with Crippen LogP contribution in [0.2, 0.25) is 0 Å². The third-order valence-corrected chi connectivity index (χ3v) is 3.57. The highest BCUT2D eigenvalue weighted by Gasteiger charge is 2.15. The van der Waals surface area contributed by atoms with Crippen LogP contribution in [0.25, 0.3) is 0 Å². The number of anilines is 1. The second-order valence-corrected chi connectivity index (χ2v) is 6.55. The van der Waals surface area contributed by atoms with Gasteiger partial charge in [-0.3, -0.25) is 0 Å². The monoisotopic (exact) mass is 292 g/mol. The summed E-state index contributed by atoms with van der Waals surface area (Å²) in [5, 5.41) is 14.9. The number of hydrogen-bond donors (Lipinski definition) is 3. The van der Waals surface area contributed by atoms with Gasteiger partial charge in [0.15, 0.2) is 0 Å². The summed E-state index contributed by atoms with van der Waals surface area (Å²) in [5.41, 5.74) is 1.91. The maximum atomic E-state index is 11.9. The molecule has 0 bridgehead atoms. The molecular formula is C17H28N2O2. The third kappa shape index (κ3) is 6.17. The van der Waals surface area contributed by atoms with E-state index >= 15 is 0 Å². The fourth-order valence-corrected chi connectivity index (χ4v) is 2.13. The summed E-state index contributed by atoms with van der Waals surface area (Å²) in [5.74, 6) is 0.367. The van der Waals surface area contributed by atoms with Crippen LogP contribution in [0.5, 0.6) is 0 Å². The van der Waals surface area contributed by atoms with E-state index in [1.807, 2.05) is 38.1 Å². The highest BCUT2D eigenvalue weighted by Crippen LogP contribution is 2.23. The molecule has 0 unspecified atom stereocenters. The van der Waals surface area contributed by atoms with Crippen LogP contribution >= 0.6 is 0 Å². The van der Waals surface area contributed by atoms with Crippen molar-refractivity contribution in [3.63, 3.8) is 0 Å². The van der Waals surface area contributed by atoms with Gasteiger partial charge in [0.1, 0.15) is 0 Å². The van der Waals surface area contributed by atoms with Crippen molar-refractivity contribution in [2.75, 3.05) is 18.5 Å². The summed E-state index contributed by atoms with van der Waals surface area (Å²) in [7, 11) is 0. The molecular weight excluding hydrogens is 264 g/mol. The fourth-order valence-electron chi connectivity index (χ4n) is 2.13. The van der Waals surface area contributed by atoms with Gasteiger partial charge in [0.05, 0.1) is 0 Å². The van der Waals surface area contributed by atoms with Gasteiger partial charge in [0, 0.05) is 18.8 Å². The van der Waals surface area contributed by atoms with E-state index in [2.05, 4.69) is 24.5 Å². The Labute approximate surface area is 128 Å². The van der Waals surface area contributed by atoms with Crippen LogP contribution in [0.15, 0.2) is 24.3 Å². The number of aliphatic hydroxyl groups is 1. The molecule has 4 heteroatoms. The maximum absolute atomic E-state index is 11.9. The van der Waals surface area contributed by atoms with Crippen molar-refractivity contribution in [1.29, 1.82) is 0 Å². The van der Waals surface area contributed by atoms with Crippen molar-refractivity contribution in [1.82, 2.24) is 5.32 Å². The summed E-state index contributed by atoms with van der Waals surface area (Å²) in [6, 6.07) is 7.68. The number of hydrogen-bond acceptors (Lipinski definition) is 2. The highest BCUT2D eigenvalue weighted by molar-refractivity contribution is 5.90. The van der Waals surface area contributed by atoms with E-state index in [0.29, 0.717) is 12.5 Å². The van der Waals surface area contributed by atoms with Gasteiger partial charge >= 0.3 is 6.03 Å². The van der Waals surface area contributed by atoms with Crippen molar-refractivity contribution in [2.24, 2.45) is 5.41 Å². The number of benzene rings is 1. The van der Waals surface area contributed by atoms with Crippen LogP contribution in [0.4, 0.5) is 10.5 Å². The lowest BCUT2D eigenvalue weighted by Gasteiger charge is -2.21. The van der Waals surface area contributed by atoms with Gasteiger partial charge in [-0.2, -0.15) is 0 Å². The van der Waals surface area contributed by atoms with E-state index < -0.39 is 0 Å². The van der Waals surface area contributed by atoms with Crippen molar-refractivity contribution in [3.8, 4) is 0 Å². The lowest BCUT2D eigenvalue weighted by Crippen LogP contribution is -2.31. The summed E-state index contributed by atoms with van der Waals surface area (Å²) in [6.45, 7) is 9.03. The fraction of sp³-hybridized carbons (Fsp3) is 0.588. The molecule has 1 aromatic rings. The predicted octanol–water partition coefficient (Wildman–Crippen LogP) is 3.73. The Morgan fingerprint density at radius 1 is 1.29 bits per heavy atom. The van der Waals surface area contributed by atoms with Crippen LogP contribution < -0.4 is 10.6 Å². The number of urea groups is 1. The number of nitrogens with one attached hydrogen (secondary N) is 2. The van der Waals surface area contributed by atoms with Gasteiger partial charge in [-0.1, -0.05) is 45.9 Å². The second-order valence-electron chi connectivity index (χ2n) is 6.55. The molecule has 2 amide bonds. The van der Waals surface area contributed by atoms with Gasteiger partial charge in [0.25, 0.3) is 0 Å². The minimum atomic E-state index is -0.176. The molecule has 0 radical (unpaired) electrons. The van der Waals surface area contributed by atoms with Crippen LogP contribution in [0.1, 0.15) is 52.0 Å². The molecule has 0 fully saturated rings. The number of aliphatic hydroxyl groups excluding tert-OH is 1. The molecule has 4 nitrogen and oxygen atoms in total. The zero-order valence-electron chi connectivity index (χ0n) is 13.6. The van der Waals surface area contributed by atoms with Gasteiger partial charge in [0.2, 0.25) is 0 Å². The lowest BCUT2D eigenvalue weighted by atomic mass is 9.89. The van der Waals surface area contributed by atoms with E-state index in [1.165, 1.54) is 0 Å². The Kier molecular flexibility index (Phi) is 6.69. The zero-order valence-corrected chi connectivity index (χ0v) is 13.6. The molecule has 0 spiro atoms. The maximum Gasteiger partial charge on any atom is 0.319 e. The summed E-state index contributed by atoms with van der Waals surface area (Å²) in [6.07, 6.45) is 1.74. The molecule has 3 N–H and O–H groups in total. The summed E-state index contributed by atoms with van der Waals surface area (Å²) < 4.78 is 0. The molecule has 1 rings (SSSR count). The van der Waals surface area contributed by atoms with E-state index in [9.17, 15) is 9.90 Å². The third-order valence-electron chi connectivity index (χ3n) is 3.57. The number of carbonyl (C=O) groups excluding carboxylic acids is 1. The quantitative estimate of drug-likeness (QED) is 0.671. The Bertz CT molecular complexity index is 456. The van der Waals surface area contributed by atoms with Gasteiger partial charge in [-0.05, 0) is 35.8 Å². The van der Waals surface area contributed by atoms with E-state index in [-0.39, 0.29) is 18.1 Å². The molecule has 0 saturated heterocycles. The first-order valence-corrected chi connectivity index (χ1v) is 7.60. The largest absolute Gasteiger partial charge is 0.396 e. The Balaban J connectivity index is 2.41. The Morgan fingerprint density at radius 2 is 1.95 bits per heavy atom.